The maximum Gasteiger partial charge on any atom is 0.129 e. The summed E-state index contributed by atoms with van der Waals surface area (Å²) in [5.74, 6) is 3.36. The van der Waals surface area contributed by atoms with Crippen molar-refractivity contribution in [3.8, 4) is 11.5 Å². The number of aromatic nitrogens is 2. The predicted octanol–water partition coefficient (Wildman–Crippen LogP) is 6.06. The number of thiophene rings is 1. The predicted molar refractivity (Wildman–Crippen MR) is 116 cm³/mol. The molecule has 0 atom stereocenters. The van der Waals surface area contributed by atoms with Gasteiger partial charge in [-0.05, 0) is 42.8 Å². The highest BCUT2D eigenvalue weighted by Crippen LogP contribution is 2.33. The smallest absolute Gasteiger partial charge is 0.129 e. The normalized spacial score (nSPS) is 11.5. The van der Waals surface area contributed by atoms with Gasteiger partial charge >= 0.3 is 0 Å². The number of aromatic amines is 1. The average Bonchev–Trinajstić information content (AvgIpc) is 3.22. The number of H-pyrrole nitrogens is 1. The van der Waals surface area contributed by atoms with E-state index in [1.807, 2.05) is 18.5 Å². The van der Waals surface area contributed by atoms with Crippen molar-refractivity contribution < 1.29 is 0 Å². The molecule has 3 aromatic heterocycles. The van der Waals surface area contributed by atoms with E-state index in [0.717, 1.165) is 32.0 Å². The minimum absolute atomic E-state index is 1.02. The molecule has 0 amide bonds. The molecule has 0 saturated heterocycles. The first-order valence-electron chi connectivity index (χ1n) is 8.66. The Hall–Kier alpha value is -2.55. The lowest BCUT2D eigenvalue weighted by Gasteiger charge is -2.11. The first-order chi connectivity index (χ1) is 12.4. The standard InChI is InChI=1S/C21H21N3SSi/c1-14-16-7-10-22-19(16)6-5-18(14)24-20-8-11-23-21-17(20)13-15(25-21)9-12-26(2,3)4/h5-8,10-11,13,22H,1-4H3,(H,23,24). The van der Waals surface area contributed by atoms with Crippen LogP contribution in [0.4, 0.5) is 11.4 Å². The van der Waals surface area contributed by atoms with Crippen molar-refractivity contribution in [2.75, 3.05) is 5.32 Å². The Morgan fingerprint density at radius 3 is 2.73 bits per heavy atom. The van der Waals surface area contributed by atoms with E-state index in [9.17, 15) is 0 Å². The molecule has 5 heteroatoms. The first kappa shape index (κ1) is 16.9. The minimum Gasteiger partial charge on any atom is -0.361 e. The first-order valence-corrected chi connectivity index (χ1v) is 13.0. The monoisotopic (exact) mass is 375 g/mol. The summed E-state index contributed by atoms with van der Waals surface area (Å²) in [6.45, 7) is 8.94. The molecule has 0 bridgehead atoms. The van der Waals surface area contributed by atoms with Crippen LogP contribution in [-0.4, -0.2) is 18.0 Å². The Balaban J connectivity index is 1.75. The van der Waals surface area contributed by atoms with E-state index in [1.54, 1.807) is 11.3 Å². The van der Waals surface area contributed by atoms with Gasteiger partial charge in [-0.15, -0.1) is 16.9 Å². The van der Waals surface area contributed by atoms with Gasteiger partial charge in [0.15, 0.2) is 0 Å². The SMILES string of the molecule is Cc1c(Nc2ccnc3sc(C#C[Si](C)(C)C)cc23)ccc2[nH]ccc12. The number of hydrogen-bond donors (Lipinski definition) is 2. The van der Waals surface area contributed by atoms with Gasteiger partial charge in [0.05, 0.1) is 10.6 Å². The molecule has 130 valence electrons. The van der Waals surface area contributed by atoms with Gasteiger partial charge in [0.2, 0.25) is 0 Å². The van der Waals surface area contributed by atoms with Crippen molar-refractivity contribution in [2.45, 2.75) is 26.6 Å². The van der Waals surface area contributed by atoms with Crippen molar-refractivity contribution in [1.29, 1.82) is 0 Å². The maximum absolute atomic E-state index is 4.53. The molecule has 3 heterocycles. The van der Waals surface area contributed by atoms with Crippen LogP contribution in [0.5, 0.6) is 0 Å². The van der Waals surface area contributed by atoms with Gasteiger partial charge < -0.3 is 10.3 Å². The van der Waals surface area contributed by atoms with Crippen LogP contribution in [0.25, 0.3) is 21.1 Å². The van der Waals surface area contributed by atoms with E-state index in [0.29, 0.717) is 0 Å². The van der Waals surface area contributed by atoms with Gasteiger partial charge in [0.25, 0.3) is 0 Å². The molecule has 0 aliphatic rings. The van der Waals surface area contributed by atoms with Gasteiger partial charge in [-0.2, -0.15) is 0 Å². The number of fused-ring (bicyclic) bond motifs is 2. The van der Waals surface area contributed by atoms with Crippen LogP contribution < -0.4 is 5.32 Å². The minimum atomic E-state index is -1.38. The zero-order chi connectivity index (χ0) is 18.3. The zero-order valence-electron chi connectivity index (χ0n) is 15.4. The molecule has 0 saturated carbocycles. The molecule has 1 aromatic carbocycles. The summed E-state index contributed by atoms with van der Waals surface area (Å²) in [4.78, 5) is 9.90. The van der Waals surface area contributed by atoms with Crippen LogP contribution in [0.2, 0.25) is 19.6 Å². The number of hydrogen-bond acceptors (Lipinski definition) is 3. The Bertz CT molecular complexity index is 1170. The second kappa shape index (κ2) is 6.31. The number of anilines is 2. The lowest BCUT2D eigenvalue weighted by Crippen LogP contribution is -2.16. The van der Waals surface area contributed by atoms with Crippen LogP contribution in [-0.2, 0) is 0 Å². The van der Waals surface area contributed by atoms with Crippen molar-refractivity contribution in [3.05, 3.63) is 53.2 Å². The molecule has 26 heavy (non-hydrogen) atoms. The largest absolute Gasteiger partial charge is 0.361 e. The Morgan fingerprint density at radius 1 is 1.08 bits per heavy atom. The van der Waals surface area contributed by atoms with E-state index in [4.69, 9.17) is 0 Å². The van der Waals surface area contributed by atoms with E-state index < -0.39 is 8.07 Å². The van der Waals surface area contributed by atoms with Crippen LogP contribution >= 0.6 is 11.3 Å². The molecule has 2 N–H and O–H groups in total. The lowest BCUT2D eigenvalue weighted by molar-refractivity contribution is 1.42. The van der Waals surface area contributed by atoms with Crippen LogP contribution in [0.1, 0.15) is 10.4 Å². The quantitative estimate of drug-likeness (QED) is 0.330. The molecular formula is C21H21N3SSi. The van der Waals surface area contributed by atoms with Gasteiger partial charge in [-0.1, -0.05) is 25.6 Å². The molecule has 0 aliphatic heterocycles. The van der Waals surface area contributed by atoms with Crippen LogP contribution in [0.15, 0.2) is 42.7 Å². The summed E-state index contributed by atoms with van der Waals surface area (Å²) in [6.07, 6.45) is 3.84. The van der Waals surface area contributed by atoms with E-state index in [1.165, 1.54) is 10.9 Å². The zero-order valence-corrected chi connectivity index (χ0v) is 17.2. The summed E-state index contributed by atoms with van der Waals surface area (Å²) >= 11 is 1.66. The molecule has 4 rings (SSSR count). The molecule has 0 aliphatic carbocycles. The third-order valence-electron chi connectivity index (χ3n) is 4.27. The maximum atomic E-state index is 4.53. The fourth-order valence-electron chi connectivity index (χ4n) is 2.92. The third-order valence-corrected chi connectivity index (χ3v) is 6.10. The second-order valence-electron chi connectivity index (χ2n) is 7.49. The number of pyridine rings is 1. The van der Waals surface area contributed by atoms with Crippen molar-refractivity contribution in [2.24, 2.45) is 0 Å². The number of rotatable bonds is 2. The number of nitrogens with zero attached hydrogens (tertiary/aromatic N) is 1. The highest BCUT2D eigenvalue weighted by molar-refractivity contribution is 7.19. The Labute approximate surface area is 158 Å². The molecule has 0 radical (unpaired) electrons. The van der Waals surface area contributed by atoms with E-state index in [2.05, 4.69) is 77.6 Å². The fourth-order valence-corrected chi connectivity index (χ4v) is 4.40. The van der Waals surface area contributed by atoms with Gasteiger partial charge in [0.1, 0.15) is 12.9 Å². The molecule has 3 nitrogen and oxygen atoms in total. The van der Waals surface area contributed by atoms with Gasteiger partial charge in [-0.25, -0.2) is 4.98 Å². The molecular weight excluding hydrogens is 354 g/mol. The highest BCUT2D eigenvalue weighted by Gasteiger charge is 2.11. The topological polar surface area (TPSA) is 40.7 Å². The molecule has 0 spiro atoms. The Morgan fingerprint density at radius 2 is 1.92 bits per heavy atom. The van der Waals surface area contributed by atoms with Crippen molar-refractivity contribution in [3.63, 3.8) is 0 Å². The molecule has 0 unspecified atom stereocenters. The van der Waals surface area contributed by atoms with Crippen LogP contribution in [0.3, 0.4) is 0 Å². The fraction of sp³-hybridized carbons (Fsp3) is 0.190. The summed E-state index contributed by atoms with van der Waals surface area (Å²) in [5.41, 5.74) is 8.03. The summed E-state index contributed by atoms with van der Waals surface area (Å²) in [7, 11) is -1.38. The van der Waals surface area contributed by atoms with Crippen molar-refractivity contribution in [1.82, 2.24) is 9.97 Å². The average molecular weight is 376 g/mol. The summed E-state index contributed by atoms with van der Waals surface area (Å²) < 4.78 is 0. The third kappa shape index (κ3) is 3.26. The highest BCUT2D eigenvalue weighted by atomic mass is 32.1. The van der Waals surface area contributed by atoms with Crippen LogP contribution in [0, 0.1) is 18.4 Å². The lowest BCUT2D eigenvalue weighted by atomic mass is 10.1. The molecule has 0 fully saturated rings. The molecule has 4 aromatic rings. The summed E-state index contributed by atoms with van der Waals surface area (Å²) in [6, 6.07) is 10.5. The van der Waals surface area contributed by atoms with E-state index >= 15 is 0 Å². The van der Waals surface area contributed by atoms with Crippen molar-refractivity contribution >= 4 is 51.9 Å². The number of nitrogens with one attached hydrogen (secondary N) is 2. The Kier molecular flexibility index (Phi) is 4.10. The summed E-state index contributed by atoms with van der Waals surface area (Å²) in [5, 5.41) is 5.97. The van der Waals surface area contributed by atoms with Gasteiger partial charge in [-0.3, -0.25) is 0 Å². The van der Waals surface area contributed by atoms with E-state index in [-0.39, 0.29) is 0 Å². The second-order valence-corrected chi connectivity index (χ2v) is 13.3. The number of benzene rings is 1. The number of aryl methyl sites for hydroxylation is 1. The van der Waals surface area contributed by atoms with Gasteiger partial charge in [0, 0.05) is 34.4 Å².